The SMILES string of the molecule is CCOS(=O)(=O)c1ccc2c(c1)SCN2. The molecule has 1 aliphatic heterocycles. The van der Waals surface area contributed by atoms with Crippen LogP contribution >= 0.6 is 11.8 Å². The van der Waals surface area contributed by atoms with Crippen molar-refractivity contribution in [2.45, 2.75) is 16.7 Å². The lowest BCUT2D eigenvalue weighted by Gasteiger charge is -2.04. The molecule has 1 heterocycles. The van der Waals surface area contributed by atoms with Gasteiger partial charge in [-0.05, 0) is 25.1 Å². The molecule has 1 N–H and O–H groups in total. The van der Waals surface area contributed by atoms with Crippen molar-refractivity contribution < 1.29 is 12.6 Å². The number of rotatable bonds is 3. The second-order valence-corrected chi connectivity index (χ2v) is 5.62. The van der Waals surface area contributed by atoms with E-state index in [-0.39, 0.29) is 11.5 Å². The van der Waals surface area contributed by atoms with Crippen molar-refractivity contribution in [2.24, 2.45) is 0 Å². The zero-order valence-electron chi connectivity index (χ0n) is 8.19. The van der Waals surface area contributed by atoms with Crippen LogP contribution in [-0.4, -0.2) is 20.9 Å². The van der Waals surface area contributed by atoms with Crippen molar-refractivity contribution in [2.75, 3.05) is 17.8 Å². The third-order valence-electron chi connectivity index (χ3n) is 2.01. The third-order valence-corrected chi connectivity index (χ3v) is 4.32. The molecule has 0 aromatic heterocycles. The minimum absolute atomic E-state index is 0.158. The summed E-state index contributed by atoms with van der Waals surface area (Å²) in [6.07, 6.45) is 0. The highest BCUT2D eigenvalue weighted by Crippen LogP contribution is 2.35. The van der Waals surface area contributed by atoms with Crippen molar-refractivity contribution in [3.05, 3.63) is 18.2 Å². The molecule has 0 fully saturated rings. The molecule has 82 valence electrons. The molecular formula is C9H11NO3S2. The maximum atomic E-state index is 11.6. The van der Waals surface area contributed by atoms with Gasteiger partial charge in [0.1, 0.15) is 0 Å². The highest BCUT2D eigenvalue weighted by Gasteiger charge is 2.18. The predicted molar refractivity (Wildman–Crippen MR) is 59.6 cm³/mol. The summed E-state index contributed by atoms with van der Waals surface area (Å²) in [5.41, 5.74) is 0.982. The highest BCUT2D eigenvalue weighted by atomic mass is 32.2. The number of benzene rings is 1. The van der Waals surface area contributed by atoms with Gasteiger partial charge in [0.2, 0.25) is 0 Å². The Morgan fingerprint density at radius 1 is 1.53 bits per heavy atom. The molecule has 1 aliphatic rings. The Balaban J connectivity index is 2.38. The summed E-state index contributed by atoms with van der Waals surface area (Å²) < 4.78 is 27.9. The zero-order valence-corrected chi connectivity index (χ0v) is 9.82. The molecule has 6 heteroatoms. The fourth-order valence-corrected chi connectivity index (χ4v) is 3.25. The van der Waals surface area contributed by atoms with E-state index in [2.05, 4.69) is 5.32 Å². The first-order valence-electron chi connectivity index (χ1n) is 4.53. The van der Waals surface area contributed by atoms with E-state index in [0.29, 0.717) is 0 Å². The molecular weight excluding hydrogens is 234 g/mol. The summed E-state index contributed by atoms with van der Waals surface area (Å²) in [5, 5.41) is 3.14. The number of thioether (sulfide) groups is 1. The molecule has 0 radical (unpaired) electrons. The van der Waals surface area contributed by atoms with Crippen molar-refractivity contribution >= 4 is 27.6 Å². The van der Waals surface area contributed by atoms with Crippen molar-refractivity contribution in [3.8, 4) is 0 Å². The van der Waals surface area contributed by atoms with E-state index < -0.39 is 10.1 Å². The van der Waals surface area contributed by atoms with Crippen LogP contribution in [0, 0.1) is 0 Å². The van der Waals surface area contributed by atoms with Gasteiger partial charge in [-0.25, -0.2) is 0 Å². The Hall–Kier alpha value is -0.720. The number of hydrogen-bond acceptors (Lipinski definition) is 5. The van der Waals surface area contributed by atoms with Crippen LogP contribution in [0.25, 0.3) is 0 Å². The van der Waals surface area contributed by atoms with Gasteiger partial charge in [-0.3, -0.25) is 4.18 Å². The first kappa shape index (κ1) is 10.8. The molecule has 0 saturated heterocycles. The maximum absolute atomic E-state index is 11.6. The number of fused-ring (bicyclic) bond motifs is 1. The number of nitrogens with one attached hydrogen (secondary N) is 1. The average molecular weight is 245 g/mol. The molecule has 1 aromatic rings. The Labute approximate surface area is 93.1 Å². The zero-order chi connectivity index (χ0) is 10.9. The summed E-state index contributed by atoms with van der Waals surface area (Å²) >= 11 is 1.59. The minimum Gasteiger partial charge on any atom is -0.375 e. The standard InChI is InChI=1S/C9H11NO3S2/c1-2-13-15(11,12)7-3-4-8-9(5-7)14-6-10-8/h3-5,10H,2,6H2,1H3. The van der Waals surface area contributed by atoms with Crippen LogP contribution < -0.4 is 5.32 Å². The summed E-state index contributed by atoms with van der Waals surface area (Å²) in [7, 11) is -3.57. The first-order chi connectivity index (χ1) is 7.13. The Bertz CT molecular complexity index is 470. The normalized spacial score (nSPS) is 14.7. The van der Waals surface area contributed by atoms with E-state index >= 15 is 0 Å². The van der Waals surface area contributed by atoms with Crippen molar-refractivity contribution in [1.82, 2.24) is 0 Å². The van der Waals surface area contributed by atoms with Crippen LogP contribution in [0.3, 0.4) is 0 Å². The molecule has 0 atom stereocenters. The van der Waals surface area contributed by atoms with Gasteiger partial charge in [-0.15, -0.1) is 11.8 Å². The quantitative estimate of drug-likeness (QED) is 0.824. The Kier molecular flexibility index (Phi) is 2.90. The molecule has 0 saturated carbocycles. The summed E-state index contributed by atoms with van der Waals surface area (Å²) in [5.74, 6) is 0.785. The first-order valence-corrected chi connectivity index (χ1v) is 6.93. The number of anilines is 1. The lowest BCUT2D eigenvalue weighted by atomic mass is 10.3. The Morgan fingerprint density at radius 2 is 2.33 bits per heavy atom. The van der Waals surface area contributed by atoms with Crippen LogP contribution in [-0.2, 0) is 14.3 Å². The van der Waals surface area contributed by atoms with Gasteiger partial charge < -0.3 is 5.32 Å². The van der Waals surface area contributed by atoms with Gasteiger partial charge >= 0.3 is 0 Å². The monoisotopic (exact) mass is 245 g/mol. The second-order valence-electron chi connectivity index (χ2n) is 2.98. The lowest BCUT2D eigenvalue weighted by molar-refractivity contribution is 0.338. The van der Waals surface area contributed by atoms with Crippen LogP contribution in [0.4, 0.5) is 5.69 Å². The molecule has 0 aliphatic carbocycles. The largest absolute Gasteiger partial charge is 0.375 e. The third kappa shape index (κ3) is 2.11. The molecule has 1 aromatic carbocycles. The van der Waals surface area contributed by atoms with Crippen LogP contribution in [0.5, 0.6) is 0 Å². The lowest BCUT2D eigenvalue weighted by Crippen LogP contribution is -2.05. The topological polar surface area (TPSA) is 55.4 Å². The molecule has 15 heavy (non-hydrogen) atoms. The Morgan fingerprint density at radius 3 is 3.07 bits per heavy atom. The van der Waals surface area contributed by atoms with E-state index in [9.17, 15) is 8.42 Å². The van der Waals surface area contributed by atoms with Gasteiger partial charge in [0, 0.05) is 10.6 Å². The van der Waals surface area contributed by atoms with Crippen LogP contribution in [0.2, 0.25) is 0 Å². The van der Waals surface area contributed by atoms with Gasteiger partial charge in [-0.2, -0.15) is 8.42 Å². The van der Waals surface area contributed by atoms with Gasteiger partial charge in [0.25, 0.3) is 10.1 Å². The predicted octanol–water partition coefficient (Wildman–Crippen LogP) is 1.89. The molecule has 0 spiro atoms. The maximum Gasteiger partial charge on any atom is 0.297 e. The summed E-state index contributed by atoms with van der Waals surface area (Å²) in [6.45, 7) is 1.81. The summed E-state index contributed by atoms with van der Waals surface area (Å²) in [6, 6.07) is 4.97. The smallest absolute Gasteiger partial charge is 0.297 e. The average Bonchev–Trinajstić information content (AvgIpc) is 2.63. The highest BCUT2D eigenvalue weighted by molar-refractivity contribution is 7.99. The van der Waals surface area contributed by atoms with E-state index in [1.165, 1.54) is 0 Å². The molecule has 4 nitrogen and oxygen atoms in total. The molecule has 0 amide bonds. The molecule has 0 unspecified atom stereocenters. The molecule has 0 bridgehead atoms. The second kappa shape index (κ2) is 4.03. The van der Waals surface area contributed by atoms with Crippen molar-refractivity contribution in [3.63, 3.8) is 0 Å². The van der Waals surface area contributed by atoms with Crippen LogP contribution in [0.1, 0.15) is 6.92 Å². The summed E-state index contributed by atoms with van der Waals surface area (Å²) in [4.78, 5) is 1.18. The van der Waals surface area contributed by atoms with Gasteiger partial charge in [0.15, 0.2) is 0 Å². The van der Waals surface area contributed by atoms with E-state index in [1.807, 2.05) is 0 Å². The fourth-order valence-electron chi connectivity index (χ4n) is 1.34. The fraction of sp³-hybridized carbons (Fsp3) is 0.333. The van der Waals surface area contributed by atoms with E-state index in [1.54, 1.807) is 36.9 Å². The van der Waals surface area contributed by atoms with E-state index in [0.717, 1.165) is 16.5 Å². The van der Waals surface area contributed by atoms with Crippen molar-refractivity contribution in [1.29, 1.82) is 0 Å². The van der Waals surface area contributed by atoms with E-state index in [4.69, 9.17) is 4.18 Å². The van der Waals surface area contributed by atoms with Gasteiger partial charge in [-0.1, -0.05) is 0 Å². The number of hydrogen-bond donors (Lipinski definition) is 1. The minimum atomic E-state index is -3.57. The van der Waals surface area contributed by atoms with Crippen LogP contribution in [0.15, 0.2) is 28.0 Å². The van der Waals surface area contributed by atoms with Gasteiger partial charge in [0.05, 0.1) is 17.4 Å². The molecule has 2 rings (SSSR count).